The topological polar surface area (TPSA) is 63.4 Å². The van der Waals surface area contributed by atoms with Crippen LogP contribution in [0.2, 0.25) is 0 Å². The summed E-state index contributed by atoms with van der Waals surface area (Å²) in [6, 6.07) is 12.5. The Morgan fingerprint density at radius 1 is 1.20 bits per heavy atom. The molecule has 1 fully saturated rings. The Kier molecular flexibility index (Phi) is 4.88. The average Bonchev–Trinajstić information content (AvgIpc) is 3.44. The zero-order valence-corrected chi connectivity index (χ0v) is 13.5. The van der Waals surface area contributed by atoms with Crippen molar-refractivity contribution in [3.63, 3.8) is 0 Å². The van der Waals surface area contributed by atoms with Crippen molar-refractivity contribution in [2.75, 3.05) is 0 Å². The van der Waals surface area contributed by atoms with Crippen molar-refractivity contribution >= 4 is 17.7 Å². The second kappa shape index (κ2) is 7.25. The molecule has 3 rings (SSSR count). The lowest BCUT2D eigenvalue weighted by Gasteiger charge is -2.21. The van der Waals surface area contributed by atoms with Crippen LogP contribution in [0, 0.1) is 15.9 Å². The maximum absolute atomic E-state index is 13.8. The van der Waals surface area contributed by atoms with Crippen LogP contribution in [0.3, 0.4) is 0 Å². The Morgan fingerprint density at radius 2 is 1.88 bits per heavy atom. The first kappa shape index (κ1) is 16.8. The SMILES string of the molecule is O=C(/C=C/c1ccc([N+](=O)[O-])cc1)N(Cc1ccccc1F)C1CC1. The molecule has 0 aromatic heterocycles. The van der Waals surface area contributed by atoms with Gasteiger partial charge in [0.15, 0.2) is 0 Å². The fourth-order valence-electron chi connectivity index (χ4n) is 2.55. The highest BCUT2D eigenvalue weighted by atomic mass is 19.1. The van der Waals surface area contributed by atoms with Crippen molar-refractivity contribution in [3.05, 3.63) is 81.7 Å². The second-order valence-electron chi connectivity index (χ2n) is 5.97. The van der Waals surface area contributed by atoms with E-state index >= 15 is 0 Å². The van der Waals surface area contributed by atoms with Gasteiger partial charge in [-0.3, -0.25) is 14.9 Å². The molecule has 0 unspecified atom stereocenters. The molecule has 128 valence electrons. The quantitative estimate of drug-likeness (QED) is 0.454. The van der Waals surface area contributed by atoms with Crippen LogP contribution in [-0.4, -0.2) is 21.8 Å². The van der Waals surface area contributed by atoms with Gasteiger partial charge in [0.25, 0.3) is 5.69 Å². The summed E-state index contributed by atoms with van der Waals surface area (Å²) in [6.07, 6.45) is 4.89. The number of amides is 1. The molecule has 0 radical (unpaired) electrons. The number of nitro groups is 1. The largest absolute Gasteiger partial charge is 0.332 e. The van der Waals surface area contributed by atoms with Crippen molar-refractivity contribution in [3.8, 4) is 0 Å². The maximum atomic E-state index is 13.8. The minimum Gasteiger partial charge on any atom is -0.332 e. The third kappa shape index (κ3) is 4.29. The van der Waals surface area contributed by atoms with Gasteiger partial charge >= 0.3 is 0 Å². The Hall–Kier alpha value is -3.02. The van der Waals surface area contributed by atoms with Gasteiger partial charge < -0.3 is 4.90 Å². The van der Waals surface area contributed by atoms with Crippen molar-refractivity contribution in [2.24, 2.45) is 0 Å². The van der Waals surface area contributed by atoms with Gasteiger partial charge in [0.2, 0.25) is 5.91 Å². The summed E-state index contributed by atoms with van der Waals surface area (Å²) in [4.78, 5) is 24.3. The third-order valence-corrected chi connectivity index (χ3v) is 4.09. The van der Waals surface area contributed by atoms with E-state index in [1.54, 1.807) is 41.3 Å². The summed E-state index contributed by atoms with van der Waals surface area (Å²) in [5, 5.41) is 10.6. The molecule has 1 aliphatic carbocycles. The van der Waals surface area contributed by atoms with Gasteiger partial charge in [0.05, 0.1) is 4.92 Å². The summed E-state index contributed by atoms with van der Waals surface area (Å²) < 4.78 is 13.8. The van der Waals surface area contributed by atoms with E-state index in [0.717, 1.165) is 12.8 Å². The highest BCUT2D eigenvalue weighted by Crippen LogP contribution is 2.29. The first-order valence-electron chi connectivity index (χ1n) is 8.01. The summed E-state index contributed by atoms with van der Waals surface area (Å²) in [5.74, 6) is -0.510. The van der Waals surface area contributed by atoms with Gasteiger partial charge in [0, 0.05) is 36.4 Å². The Morgan fingerprint density at radius 3 is 2.48 bits per heavy atom. The monoisotopic (exact) mass is 340 g/mol. The third-order valence-electron chi connectivity index (χ3n) is 4.09. The summed E-state index contributed by atoms with van der Waals surface area (Å²) >= 11 is 0. The minimum absolute atomic E-state index is 0.00244. The molecule has 6 heteroatoms. The molecular formula is C19H17FN2O3. The molecule has 0 atom stereocenters. The Bertz CT molecular complexity index is 814. The number of nitrogens with zero attached hydrogens (tertiary/aromatic N) is 2. The zero-order valence-electron chi connectivity index (χ0n) is 13.5. The molecule has 0 aliphatic heterocycles. The zero-order chi connectivity index (χ0) is 17.8. The molecule has 2 aromatic carbocycles. The smallest absolute Gasteiger partial charge is 0.269 e. The molecular weight excluding hydrogens is 323 g/mol. The Balaban J connectivity index is 1.70. The van der Waals surface area contributed by atoms with Crippen LogP contribution < -0.4 is 0 Å². The molecule has 0 saturated heterocycles. The number of nitro benzene ring substituents is 1. The van der Waals surface area contributed by atoms with Crippen LogP contribution in [0.4, 0.5) is 10.1 Å². The van der Waals surface area contributed by atoms with E-state index in [-0.39, 0.29) is 30.0 Å². The van der Waals surface area contributed by atoms with Crippen molar-refractivity contribution < 1.29 is 14.1 Å². The first-order chi connectivity index (χ1) is 12.0. The van der Waals surface area contributed by atoms with E-state index < -0.39 is 4.92 Å². The highest BCUT2D eigenvalue weighted by molar-refractivity contribution is 5.92. The predicted molar refractivity (Wildman–Crippen MR) is 92.1 cm³/mol. The lowest BCUT2D eigenvalue weighted by Crippen LogP contribution is -2.31. The fraction of sp³-hybridized carbons (Fsp3) is 0.211. The lowest BCUT2D eigenvalue weighted by atomic mass is 10.1. The highest BCUT2D eigenvalue weighted by Gasteiger charge is 2.31. The van der Waals surface area contributed by atoms with Crippen molar-refractivity contribution in [1.29, 1.82) is 0 Å². The molecule has 5 nitrogen and oxygen atoms in total. The normalized spacial score (nSPS) is 13.8. The molecule has 1 saturated carbocycles. The molecule has 0 N–H and O–H groups in total. The molecule has 0 bridgehead atoms. The number of benzene rings is 2. The molecule has 0 heterocycles. The first-order valence-corrected chi connectivity index (χ1v) is 8.01. The summed E-state index contributed by atoms with van der Waals surface area (Å²) in [6.45, 7) is 0.237. The molecule has 2 aromatic rings. The predicted octanol–water partition coefficient (Wildman–Crippen LogP) is 3.94. The number of non-ortho nitro benzene ring substituents is 1. The van der Waals surface area contributed by atoms with Crippen LogP contribution in [0.5, 0.6) is 0 Å². The lowest BCUT2D eigenvalue weighted by molar-refractivity contribution is -0.384. The van der Waals surface area contributed by atoms with Crippen molar-refractivity contribution in [2.45, 2.75) is 25.4 Å². The van der Waals surface area contributed by atoms with Gasteiger partial charge in [-0.25, -0.2) is 4.39 Å². The van der Waals surface area contributed by atoms with E-state index in [1.807, 2.05) is 0 Å². The van der Waals surface area contributed by atoms with Crippen LogP contribution in [0.1, 0.15) is 24.0 Å². The standard InChI is InChI=1S/C19H17FN2O3/c20-18-4-2-1-3-15(18)13-21(16-10-11-16)19(23)12-7-14-5-8-17(9-6-14)22(24)25/h1-9,12,16H,10-11,13H2/b12-7+. The van der Waals surface area contributed by atoms with Gasteiger partial charge in [-0.15, -0.1) is 0 Å². The second-order valence-corrected chi connectivity index (χ2v) is 5.97. The van der Waals surface area contributed by atoms with Crippen LogP contribution in [0.15, 0.2) is 54.6 Å². The van der Waals surface area contributed by atoms with E-state index in [0.29, 0.717) is 11.1 Å². The van der Waals surface area contributed by atoms with E-state index in [4.69, 9.17) is 0 Å². The van der Waals surface area contributed by atoms with Gasteiger partial charge in [-0.1, -0.05) is 18.2 Å². The van der Waals surface area contributed by atoms with Gasteiger partial charge in [-0.05, 0) is 42.7 Å². The number of carbonyl (C=O) groups excluding carboxylic acids is 1. The summed E-state index contributed by atoms with van der Waals surface area (Å²) in [7, 11) is 0. The number of rotatable bonds is 6. The maximum Gasteiger partial charge on any atom is 0.269 e. The van der Waals surface area contributed by atoms with Gasteiger partial charge in [-0.2, -0.15) is 0 Å². The molecule has 0 spiro atoms. The van der Waals surface area contributed by atoms with E-state index in [1.165, 1.54) is 24.3 Å². The number of carbonyl (C=O) groups is 1. The fourth-order valence-corrected chi connectivity index (χ4v) is 2.55. The Labute approximate surface area is 144 Å². The minimum atomic E-state index is -0.470. The van der Waals surface area contributed by atoms with E-state index in [9.17, 15) is 19.3 Å². The molecule has 1 aliphatic rings. The molecule has 25 heavy (non-hydrogen) atoms. The van der Waals surface area contributed by atoms with Crippen LogP contribution >= 0.6 is 0 Å². The summed E-state index contributed by atoms with van der Waals surface area (Å²) in [5.41, 5.74) is 1.19. The molecule has 1 amide bonds. The van der Waals surface area contributed by atoms with Gasteiger partial charge in [0.1, 0.15) is 5.82 Å². The number of halogens is 1. The number of hydrogen-bond donors (Lipinski definition) is 0. The van der Waals surface area contributed by atoms with E-state index in [2.05, 4.69) is 0 Å². The van der Waals surface area contributed by atoms with Crippen LogP contribution in [0.25, 0.3) is 6.08 Å². The average molecular weight is 340 g/mol. The van der Waals surface area contributed by atoms with Crippen LogP contribution in [-0.2, 0) is 11.3 Å². The van der Waals surface area contributed by atoms with Crippen molar-refractivity contribution in [1.82, 2.24) is 4.90 Å². The number of hydrogen-bond acceptors (Lipinski definition) is 3.